The largest absolute Gasteiger partial charge is 0.405 e. The van der Waals surface area contributed by atoms with Gasteiger partial charge in [0.15, 0.2) is 0 Å². The SMILES string of the molecule is Cc1ccc(CCC(N2CC(C)(C)C(=O)N2)C(F)(F)F)cc1. The number of nitrogens with one attached hydrogen (secondary N) is 1. The molecular formula is C16H21F3N2O. The van der Waals surface area contributed by atoms with Gasteiger partial charge in [0, 0.05) is 6.54 Å². The highest BCUT2D eigenvalue weighted by Crippen LogP contribution is 2.33. The first kappa shape index (κ1) is 16.8. The molecule has 1 amide bonds. The predicted molar refractivity (Wildman–Crippen MR) is 78.0 cm³/mol. The van der Waals surface area contributed by atoms with Gasteiger partial charge in [-0.3, -0.25) is 10.2 Å². The molecule has 122 valence electrons. The van der Waals surface area contributed by atoms with Crippen LogP contribution in [0.3, 0.4) is 0 Å². The predicted octanol–water partition coefficient (Wildman–Crippen LogP) is 3.23. The second-order valence-corrected chi connectivity index (χ2v) is 6.53. The van der Waals surface area contributed by atoms with Crippen LogP contribution in [-0.2, 0) is 11.2 Å². The lowest BCUT2D eigenvalue weighted by atomic mass is 9.94. The summed E-state index contributed by atoms with van der Waals surface area (Å²) < 4.78 is 40.0. The Labute approximate surface area is 128 Å². The highest BCUT2D eigenvalue weighted by atomic mass is 19.4. The second-order valence-electron chi connectivity index (χ2n) is 6.53. The van der Waals surface area contributed by atoms with Gasteiger partial charge in [-0.05, 0) is 39.2 Å². The molecule has 0 spiro atoms. The molecule has 1 N–H and O–H groups in total. The Hall–Kier alpha value is -1.56. The van der Waals surface area contributed by atoms with Gasteiger partial charge in [0.2, 0.25) is 5.91 Å². The number of rotatable bonds is 4. The lowest BCUT2D eigenvalue weighted by Crippen LogP contribution is -2.50. The molecule has 1 aliphatic rings. The number of aryl methyl sites for hydroxylation is 2. The highest BCUT2D eigenvalue weighted by Gasteiger charge is 2.49. The third kappa shape index (κ3) is 3.80. The van der Waals surface area contributed by atoms with E-state index in [0.717, 1.165) is 16.1 Å². The fourth-order valence-corrected chi connectivity index (χ4v) is 2.56. The zero-order valence-electron chi connectivity index (χ0n) is 13.0. The number of halogens is 3. The maximum Gasteiger partial charge on any atom is 0.405 e. The van der Waals surface area contributed by atoms with E-state index in [1.54, 1.807) is 13.8 Å². The highest BCUT2D eigenvalue weighted by molar-refractivity contribution is 5.83. The van der Waals surface area contributed by atoms with Crippen LogP contribution in [0, 0.1) is 12.3 Å². The summed E-state index contributed by atoms with van der Waals surface area (Å²) in [5, 5.41) is 1.04. The summed E-state index contributed by atoms with van der Waals surface area (Å²) in [4.78, 5) is 11.7. The number of hydrogen-bond donors (Lipinski definition) is 1. The van der Waals surface area contributed by atoms with Crippen molar-refractivity contribution in [1.82, 2.24) is 10.4 Å². The first-order valence-electron chi connectivity index (χ1n) is 7.29. The number of alkyl halides is 3. The third-order valence-electron chi connectivity index (χ3n) is 4.01. The Morgan fingerprint density at radius 3 is 2.32 bits per heavy atom. The van der Waals surface area contributed by atoms with Gasteiger partial charge in [0.1, 0.15) is 6.04 Å². The molecule has 0 bridgehead atoms. The van der Waals surface area contributed by atoms with Crippen LogP contribution in [0.1, 0.15) is 31.4 Å². The van der Waals surface area contributed by atoms with Crippen LogP contribution in [0.4, 0.5) is 13.2 Å². The first-order valence-corrected chi connectivity index (χ1v) is 7.29. The molecule has 6 heteroatoms. The van der Waals surface area contributed by atoms with Gasteiger partial charge in [-0.1, -0.05) is 29.8 Å². The van der Waals surface area contributed by atoms with Crippen LogP contribution in [-0.4, -0.2) is 29.7 Å². The fraction of sp³-hybridized carbons (Fsp3) is 0.562. The van der Waals surface area contributed by atoms with Gasteiger partial charge >= 0.3 is 6.18 Å². The minimum Gasteiger partial charge on any atom is -0.288 e. The lowest BCUT2D eigenvalue weighted by molar-refractivity contribution is -0.190. The van der Waals surface area contributed by atoms with Crippen molar-refractivity contribution < 1.29 is 18.0 Å². The Kier molecular flexibility index (Phi) is 4.52. The van der Waals surface area contributed by atoms with Gasteiger partial charge in [-0.15, -0.1) is 0 Å². The van der Waals surface area contributed by atoms with E-state index in [2.05, 4.69) is 5.43 Å². The number of hydrogen-bond acceptors (Lipinski definition) is 2. The van der Waals surface area contributed by atoms with Gasteiger partial charge in [-0.2, -0.15) is 13.2 Å². The molecule has 1 unspecified atom stereocenters. The van der Waals surface area contributed by atoms with Crippen molar-refractivity contribution in [3.63, 3.8) is 0 Å². The van der Waals surface area contributed by atoms with E-state index in [0.29, 0.717) is 6.42 Å². The van der Waals surface area contributed by atoms with Crippen molar-refractivity contribution in [3.05, 3.63) is 35.4 Å². The molecule has 1 atom stereocenters. The zero-order valence-corrected chi connectivity index (χ0v) is 13.0. The van der Waals surface area contributed by atoms with E-state index in [9.17, 15) is 18.0 Å². The molecule has 1 aliphatic heterocycles. The normalized spacial score (nSPS) is 20.0. The van der Waals surface area contributed by atoms with Gasteiger partial charge < -0.3 is 0 Å². The van der Waals surface area contributed by atoms with Crippen molar-refractivity contribution in [2.45, 2.75) is 45.8 Å². The van der Waals surface area contributed by atoms with E-state index in [1.807, 2.05) is 31.2 Å². The van der Waals surface area contributed by atoms with E-state index >= 15 is 0 Å². The number of amides is 1. The second kappa shape index (κ2) is 5.91. The molecule has 1 fully saturated rings. The zero-order chi connectivity index (χ0) is 16.5. The van der Waals surface area contributed by atoms with Crippen LogP contribution in [0.15, 0.2) is 24.3 Å². The van der Waals surface area contributed by atoms with Crippen LogP contribution in [0.2, 0.25) is 0 Å². The van der Waals surface area contributed by atoms with Gasteiger partial charge in [-0.25, -0.2) is 5.01 Å². The number of carbonyl (C=O) groups is 1. The average molecular weight is 314 g/mol. The van der Waals surface area contributed by atoms with Crippen molar-refractivity contribution in [2.24, 2.45) is 5.41 Å². The molecule has 1 aromatic carbocycles. The van der Waals surface area contributed by atoms with Gasteiger partial charge in [0.25, 0.3) is 0 Å². The molecule has 1 heterocycles. The number of carbonyl (C=O) groups excluding carboxylic acids is 1. The minimum atomic E-state index is -4.38. The van der Waals surface area contributed by atoms with Gasteiger partial charge in [0.05, 0.1) is 5.41 Å². The fourth-order valence-electron chi connectivity index (χ4n) is 2.56. The average Bonchev–Trinajstić information content (AvgIpc) is 2.64. The Morgan fingerprint density at radius 2 is 1.86 bits per heavy atom. The van der Waals surface area contributed by atoms with Crippen LogP contribution in [0.5, 0.6) is 0 Å². The molecule has 3 nitrogen and oxygen atoms in total. The topological polar surface area (TPSA) is 32.3 Å². The molecular weight excluding hydrogens is 293 g/mol. The molecule has 0 aliphatic carbocycles. The van der Waals surface area contributed by atoms with E-state index in [1.165, 1.54) is 0 Å². The summed E-state index contributed by atoms with van der Waals surface area (Å²) in [7, 11) is 0. The van der Waals surface area contributed by atoms with E-state index < -0.39 is 17.6 Å². The summed E-state index contributed by atoms with van der Waals surface area (Å²) in [6.07, 6.45) is -4.14. The lowest BCUT2D eigenvalue weighted by Gasteiger charge is -2.29. The Balaban J connectivity index is 2.08. The maximum absolute atomic E-state index is 13.3. The summed E-state index contributed by atoms with van der Waals surface area (Å²) in [5.41, 5.74) is 3.51. The first-order chi connectivity index (χ1) is 10.1. The van der Waals surface area contributed by atoms with Crippen molar-refractivity contribution in [3.8, 4) is 0 Å². The summed E-state index contributed by atoms with van der Waals surface area (Å²) in [5.74, 6) is -0.364. The third-order valence-corrected chi connectivity index (χ3v) is 4.01. The molecule has 1 aromatic rings. The van der Waals surface area contributed by atoms with Crippen molar-refractivity contribution >= 4 is 5.91 Å². The molecule has 0 saturated carbocycles. The smallest absolute Gasteiger partial charge is 0.288 e. The van der Waals surface area contributed by atoms with Crippen LogP contribution >= 0.6 is 0 Å². The molecule has 1 saturated heterocycles. The monoisotopic (exact) mass is 314 g/mol. The summed E-state index contributed by atoms with van der Waals surface area (Å²) in [6.45, 7) is 5.29. The molecule has 0 radical (unpaired) electrons. The van der Waals surface area contributed by atoms with E-state index in [4.69, 9.17) is 0 Å². The Morgan fingerprint density at radius 1 is 1.27 bits per heavy atom. The maximum atomic E-state index is 13.3. The van der Waals surface area contributed by atoms with Crippen molar-refractivity contribution in [1.29, 1.82) is 0 Å². The standard InChI is InChI=1S/C16H21F3N2O/c1-11-4-6-12(7-5-11)8-9-13(16(17,18)19)21-10-15(2,3)14(22)20-21/h4-7,13H,8-10H2,1-3H3,(H,20,22). The molecule has 2 rings (SSSR count). The summed E-state index contributed by atoms with van der Waals surface area (Å²) in [6, 6.07) is 5.79. The van der Waals surface area contributed by atoms with Crippen molar-refractivity contribution in [2.75, 3.05) is 6.54 Å². The molecule has 0 aromatic heterocycles. The summed E-state index contributed by atoms with van der Waals surface area (Å²) >= 11 is 0. The van der Waals surface area contributed by atoms with Crippen LogP contribution < -0.4 is 5.43 Å². The van der Waals surface area contributed by atoms with Crippen LogP contribution in [0.25, 0.3) is 0 Å². The Bertz CT molecular complexity index is 537. The number of hydrazine groups is 1. The van der Waals surface area contributed by atoms with E-state index in [-0.39, 0.29) is 18.9 Å². The number of nitrogens with zero attached hydrogens (tertiary/aromatic N) is 1. The quantitative estimate of drug-likeness (QED) is 0.925. The number of benzene rings is 1. The molecule has 22 heavy (non-hydrogen) atoms. The minimum absolute atomic E-state index is 0.0594.